The Morgan fingerprint density at radius 1 is 1.26 bits per heavy atom. The summed E-state index contributed by atoms with van der Waals surface area (Å²) in [7, 11) is 0. The molecule has 128 valence electrons. The average Bonchev–Trinajstić information content (AvgIpc) is 2.48. The van der Waals surface area contributed by atoms with Crippen LogP contribution in [0, 0.1) is 0 Å². The van der Waals surface area contributed by atoms with Gasteiger partial charge in [-0.1, -0.05) is 0 Å². The van der Waals surface area contributed by atoms with Crippen molar-refractivity contribution in [3.8, 4) is 0 Å². The summed E-state index contributed by atoms with van der Waals surface area (Å²) >= 11 is 0. The number of hydrogen-bond donors (Lipinski definition) is 1. The number of ether oxygens (including phenoxy) is 1. The molecule has 0 aliphatic carbocycles. The summed E-state index contributed by atoms with van der Waals surface area (Å²) in [5.74, 6) is 0.0790. The number of rotatable bonds is 7. The molecule has 0 bridgehead atoms. The van der Waals surface area contributed by atoms with Gasteiger partial charge in [0.1, 0.15) is 5.60 Å². The van der Waals surface area contributed by atoms with E-state index in [9.17, 15) is 9.59 Å². The molecule has 1 aromatic heterocycles. The Morgan fingerprint density at radius 3 is 2.48 bits per heavy atom. The zero-order valence-corrected chi connectivity index (χ0v) is 14.5. The summed E-state index contributed by atoms with van der Waals surface area (Å²) < 4.78 is 5.14. The third kappa shape index (κ3) is 8.18. The van der Waals surface area contributed by atoms with Crippen LogP contribution in [0.3, 0.4) is 0 Å². The van der Waals surface area contributed by atoms with Gasteiger partial charge in [-0.15, -0.1) is 0 Å². The van der Waals surface area contributed by atoms with E-state index in [0.29, 0.717) is 32.5 Å². The second kappa shape index (κ2) is 9.12. The van der Waals surface area contributed by atoms with Crippen molar-refractivity contribution in [2.45, 2.75) is 52.7 Å². The van der Waals surface area contributed by atoms with Crippen molar-refractivity contribution in [2.24, 2.45) is 0 Å². The third-order valence-corrected chi connectivity index (χ3v) is 3.09. The molecule has 0 aromatic carbocycles. The second-order valence-electron chi connectivity index (χ2n) is 6.30. The molecule has 0 fully saturated rings. The fraction of sp³-hybridized carbons (Fsp3) is 0.588. The molecule has 0 radical (unpaired) electrons. The lowest BCUT2D eigenvalue weighted by molar-refractivity contribution is -0.131. The van der Waals surface area contributed by atoms with E-state index in [1.807, 2.05) is 39.8 Å². The predicted octanol–water partition coefficient (Wildman–Crippen LogP) is 2.74. The number of pyridine rings is 1. The van der Waals surface area contributed by atoms with Gasteiger partial charge in [-0.3, -0.25) is 9.78 Å². The van der Waals surface area contributed by atoms with Gasteiger partial charge < -0.3 is 15.0 Å². The molecule has 1 N–H and O–H groups in total. The van der Waals surface area contributed by atoms with Crippen molar-refractivity contribution in [3.05, 3.63) is 30.1 Å². The van der Waals surface area contributed by atoms with Gasteiger partial charge in [0.15, 0.2) is 0 Å². The molecular formula is C17H27N3O3. The van der Waals surface area contributed by atoms with Gasteiger partial charge in [0, 0.05) is 38.4 Å². The Balaban J connectivity index is 2.30. The molecule has 0 atom stereocenters. The lowest BCUT2D eigenvalue weighted by Gasteiger charge is -2.21. The Hall–Kier alpha value is -2.11. The molecule has 1 heterocycles. The summed E-state index contributed by atoms with van der Waals surface area (Å²) in [4.78, 5) is 29.5. The van der Waals surface area contributed by atoms with Crippen molar-refractivity contribution < 1.29 is 14.3 Å². The molecule has 0 saturated carbocycles. The van der Waals surface area contributed by atoms with Crippen molar-refractivity contribution in [1.82, 2.24) is 15.2 Å². The number of carbonyl (C=O) groups excluding carboxylic acids is 2. The molecule has 0 unspecified atom stereocenters. The zero-order chi connectivity index (χ0) is 17.3. The number of alkyl carbamates (subject to hydrolysis) is 1. The van der Waals surface area contributed by atoms with Crippen LogP contribution in [0.4, 0.5) is 4.79 Å². The van der Waals surface area contributed by atoms with E-state index in [2.05, 4.69) is 10.3 Å². The van der Waals surface area contributed by atoms with E-state index < -0.39 is 11.7 Å². The van der Waals surface area contributed by atoms with Crippen LogP contribution in [0.2, 0.25) is 0 Å². The minimum atomic E-state index is -0.510. The monoisotopic (exact) mass is 321 g/mol. The van der Waals surface area contributed by atoms with Gasteiger partial charge >= 0.3 is 6.09 Å². The molecule has 6 nitrogen and oxygen atoms in total. The number of nitrogens with one attached hydrogen (secondary N) is 1. The van der Waals surface area contributed by atoms with E-state index >= 15 is 0 Å². The first kappa shape index (κ1) is 18.9. The Bertz CT molecular complexity index is 498. The standard InChI is InChI=1S/C17H27N3O3/c1-5-20(13-14-8-11-18-12-9-14)15(21)7-6-10-19-16(22)23-17(2,3)4/h8-9,11-12H,5-7,10,13H2,1-4H3,(H,19,22). The highest BCUT2D eigenvalue weighted by atomic mass is 16.6. The van der Waals surface area contributed by atoms with Crippen molar-refractivity contribution in [1.29, 1.82) is 0 Å². The average molecular weight is 321 g/mol. The first-order valence-electron chi connectivity index (χ1n) is 7.95. The van der Waals surface area contributed by atoms with Gasteiger partial charge in [-0.2, -0.15) is 0 Å². The molecule has 2 amide bonds. The molecule has 1 rings (SSSR count). The molecular weight excluding hydrogens is 294 g/mol. The van der Waals surface area contributed by atoms with Crippen LogP contribution in [0.5, 0.6) is 0 Å². The van der Waals surface area contributed by atoms with Crippen LogP contribution in [0.15, 0.2) is 24.5 Å². The summed E-state index contributed by atoms with van der Waals surface area (Å²) in [6.45, 7) is 9.06. The zero-order valence-electron chi connectivity index (χ0n) is 14.5. The second-order valence-corrected chi connectivity index (χ2v) is 6.30. The van der Waals surface area contributed by atoms with E-state index in [1.165, 1.54) is 0 Å². The number of amides is 2. The molecule has 0 aliphatic heterocycles. The highest BCUT2D eigenvalue weighted by Crippen LogP contribution is 2.07. The summed E-state index contributed by atoms with van der Waals surface area (Å²) in [6, 6.07) is 3.81. The van der Waals surface area contributed by atoms with E-state index in [-0.39, 0.29) is 5.91 Å². The van der Waals surface area contributed by atoms with E-state index in [0.717, 1.165) is 5.56 Å². The molecule has 0 spiro atoms. The predicted molar refractivity (Wildman–Crippen MR) is 88.8 cm³/mol. The van der Waals surface area contributed by atoms with Crippen molar-refractivity contribution in [3.63, 3.8) is 0 Å². The van der Waals surface area contributed by atoms with Gasteiger partial charge in [0.2, 0.25) is 5.91 Å². The van der Waals surface area contributed by atoms with Crippen LogP contribution < -0.4 is 5.32 Å². The largest absolute Gasteiger partial charge is 0.444 e. The van der Waals surface area contributed by atoms with Crippen LogP contribution >= 0.6 is 0 Å². The minimum absolute atomic E-state index is 0.0790. The van der Waals surface area contributed by atoms with Gasteiger partial charge in [-0.05, 0) is 51.8 Å². The quantitative estimate of drug-likeness (QED) is 0.784. The molecule has 6 heteroatoms. The van der Waals surface area contributed by atoms with E-state index in [4.69, 9.17) is 4.74 Å². The van der Waals surface area contributed by atoms with Gasteiger partial charge in [0.25, 0.3) is 0 Å². The molecule has 0 saturated heterocycles. The summed E-state index contributed by atoms with van der Waals surface area (Å²) in [5, 5.41) is 2.66. The summed E-state index contributed by atoms with van der Waals surface area (Å²) in [5.41, 5.74) is 0.547. The topological polar surface area (TPSA) is 71.5 Å². The number of hydrogen-bond acceptors (Lipinski definition) is 4. The van der Waals surface area contributed by atoms with Crippen molar-refractivity contribution in [2.75, 3.05) is 13.1 Å². The maximum Gasteiger partial charge on any atom is 0.407 e. The highest BCUT2D eigenvalue weighted by molar-refractivity contribution is 5.76. The smallest absolute Gasteiger partial charge is 0.407 e. The van der Waals surface area contributed by atoms with Crippen LogP contribution in [-0.2, 0) is 16.1 Å². The van der Waals surface area contributed by atoms with Gasteiger partial charge in [-0.25, -0.2) is 4.79 Å². The number of nitrogens with zero attached hydrogens (tertiary/aromatic N) is 2. The SMILES string of the molecule is CCN(Cc1ccncc1)C(=O)CCCNC(=O)OC(C)(C)C. The first-order valence-corrected chi connectivity index (χ1v) is 7.95. The first-order chi connectivity index (χ1) is 10.8. The van der Waals surface area contributed by atoms with Crippen LogP contribution in [-0.4, -0.2) is 40.6 Å². The lowest BCUT2D eigenvalue weighted by atomic mass is 10.2. The van der Waals surface area contributed by atoms with Gasteiger partial charge in [0.05, 0.1) is 0 Å². The maximum atomic E-state index is 12.2. The minimum Gasteiger partial charge on any atom is -0.444 e. The fourth-order valence-electron chi connectivity index (χ4n) is 1.99. The summed E-state index contributed by atoms with van der Waals surface area (Å²) in [6.07, 6.45) is 3.98. The molecule has 1 aromatic rings. The normalized spacial score (nSPS) is 11.0. The van der Waals surface area contributed by atoms with Crippen LogP contribution in [0.25, 0.3) is 0 Å². The van der Waals surface area contributed by atoms with Crippen molar-refractivity contribution >= 4 is 12.0 Å². The van der Waals surface area contributed by atoms with E-state index in [1.54, 1.807) is 17.3 Å². The Labute approximate surface area is 138 Å². The maximum absolute atomic E-state index is 12.2. The third-order valence-electron chi connectivity index (χ3n) is 3.09. The lowest BCUT2D eigenvalue weighted by Crippen LogP contribution is -2.34. The number of aromatic nitrogens is 1. The van der Waals surface area contributed by atoms with Crippen LogP contribution in [0.1, 0.15) is 46.1 Å². The fourth-order valence-corrected chi connectivity index (χ4v) is 1.99. The Morgan fingerprint density at radius 2 is 1.91 bits per heavy atom. The number of carbonyl (C=O) groups is 2. The highest BCUT2D eigenvalue weighted by Gasteiger charge is 2.16. The molecule has 23 heavy (non-hydrogen) atoms. The Kier molecular flexibility index (Phi) is 7.51. The molecule has 0 aliphatic rings.